The molecule has 1 atom stereocenters. The predicted molar refractivity (Wildman–Crippen MR) is 101 cm³/mol. The molecule has 1 fully saturated rings. The summed E-state index contributed by atoms with van der Waals surface area (Å²) in [4.78, 5) is 26.0. The Bertz CT molecular complexity index is 887. The van der Waals surface area contributed by atoms with Gasteiger partial charge in [0, 0.05) is 18.6 Å². The van der Waals surface area contributed by atoms with Crippen LogP contribution in [0.15, 0.2) is 24.4 Å². The highest BCUT2D eigenvalue weighted by molar-refractivity contribution is 6.31. The molecule has 1 aliphatic heterocycles. The van der Waals surface area contributed by atoms with Crippen LogP contribution in [0.5, 0.6) is 5.75 Å². The van der Waals surface area contributed by atoms with Gasteiger partial charge >= 0.3 is 0 Å². The highest BCUT2D eigenvalue weighted by atomic mass is 35.5. The van der Waals surface area contributed by atoms with Crippen molar-refractivity contribution >= 4 is 23.4 Å². The van der Waals surface area contributed by atoms with Gasteiger partial charge in [-0.2, -0.15) is 0 Å². The first-order valence-electron chi connectivity index (χ1n) is 8.75. The Balaban J connectivity index is 1.76. The zero-order chi connectivity index (χ0) is 20.3. The average molecular weight is 408 g/mol. The highest BCUT2D eigenvalue weighted by Crippen LogP contribution is 2.26. The number of primary amides is 1. The second-order valence-corrected chi connectivity index (χ2v) is 7.29. The fourth-order valence-electron chi connectivity index (χ4n) is 3.11. The Hall–Kier alpha value is -2.65. The van der Waals surface area contributed by atoms with Gasteiger partial charge in [0.25, 0.3) is 5.91 Å². The fourth-order valence-corrected chi connectivity index (χ4v) is 3.23. The lowest BCUT2D eigenvalue weighted by molar-refractivity contribution is -0.142. The average Bonchev–Trinajstić information content (AvgIpc) is 3.08. The lowest BCUT2D eigenvalue weighted by Crippen LogP contribution is -2.58. The fraction of sp³-hybridized carbons (Fsp3) is 0.444. The van der Waals surface area contributed by atoms with E-state index < -0.39 is 11.5 Å². The number of carbonyl (C=O) groups excluding carboxylic acids is 2. The molecule has 1 aromatic carbocycles. The third kappa shape index (κ3) is 4.60. The summed E-state index contributed by atoms with van der Waals surface area (Å²) in [6, 6.07) is 5.27. The van der Waals surface area contributed by atoms with Crippen LogP contribution in [-0.4, -0.2) is 63.6 Å². The number of nitrogens with zero attached hydrogens (tertiary/aromatic N) is 4. The molecule has 3 rings (SSSR count). The van der Waals surface area contributed by atoms with E-state index in [4.69, 9.17) is 26.8 Å². The summed E-state index contributed by atoms with van der Waals surface area (Å²) in [5, 5.41) is 8.28. The highest BCUT2D eigenvalue weighted by Gasteiger charge is 2.41. The van der Waals surface area contributed by atoms with E-state index in [-0.39, 0.29) is 37.8 Å². The van der Waals surface area contributed by atoms with Crippen LogP contribution >= 0.6 is 11.6 Å². The molecule has 1 aliphatic rings. The van der Waals surface area contributed by atoms with Crippen molar-refractivity contribution < 1.29 is 19.1 Å². The third-order valence-electron chi connectivity index (χ3n) is 4.49. The number of aromatic nitrogens is 3. The van der Waals surface area contributed by atoms with Crippen molar-refractivity contribution in [3.63, 3.8) is 0 Å². The third-order valence-corrected chi connectivity index (χ3v) is 4.91. The van der Waals surface area contributed by atoms with Crippen LogP contribution in [0.3, 0.4) is 0 Å². The van der Waals surface area contributed by atoms with Crippen molar-refractivity contribution in [3.8, 4) is 5.75 Å². The number of amides is 2. The van der Waals surface area contributed by atoms with Crippen molar-refractivity contribution in [2.75, 3.05) is 26.3 Å². The largest absolute Gasteiger partial charge is 0.490 e. The van der Waals surface area contributed by atoms with Gasteiger partial charge in [0.15, 0.2) is 5.69 Å². The number of hydrogen-bond donors (Lipinski definition) is 1. The first-order valence-corrected chi connectivity index (χ1v) is 9.13. The molecule has 0 spiro atoms. The molecule has 0 saturated carbocycles. The molecule has 0 aliphatic carbocycles. The van der Waals surface area contributed by atoms with Gasteiger partial charge < -0.3 is 20.1 Å². The van der Waals surface area contributed by atoms with Crippen LogP contribution in [0.1, 0.15) is 22.5 Å². The molecule has 1 saturated heterocycles. The number of aryl methyl sites for hydroxylation is 2. The number of morpholine rings is 1. The quantitative estimate of drug-likeness (QED) is 0.762. The molecule has 2 heterocycles. The Morgan fingerprint density at radius 2 is 2.21 bits per heavy atom. The van der Waals surface area contributed by atoms with Crippen LogP contribution in [0, 0.1) is 6.92 Å². The molecular formula is C18H22ClN5O4. The SMILES string of the molecule is Cc1cc(OCC2(CC(N)=O)CN(C(=O)c3cn(C)nn3)CCO2)ccc1Cl. The van der Waals surface area contributed by atoms with E-state index in [9.17, 15) is 9.59 Å². The van der Waals surface area contributed by atoms with E-state index in [2.05, 4.69) is 10.3 Å². The second kappa shape index (κ2) is 8.15. The summed E-state index contributed by atoms with van der Waals surface area (Å²) < 4.78 is 13.2. The molecule has 9 nitrogen and oxygen atoms in total. The minimum absolute atomic E-state index is 0.0568. The summed E-state index contributed by atoms with van der Waals surface area (Å²) in [6.07, 6.45) is 1.46. The summed E-state index contributed by atoms with van der Waals surface area (Å²) in [6.45, 7) is 2.70. The number of benzene rings is 1. The maximum absolute atomic E-state index is 12.7. The molecule has 150 valence electrons. The van der Waals surface area contributed by atoms with E-state index in [1.54, 1.807) is 36.3 Å². The molecule has 1 unspecified atom stereocenters. The summed E-state index contributed by atoms with van der Waals surface area (Å²) in [5.41, 5.74) is 5.49. The Morgan fingerprint density at radius 1 is 1.43 bits per heavy atom. The van der Waals surface area contributed by atoms with Crippen LogP contribution in [-0.2, 0) is 16.6 Å². The van der Waals surface area contributed by atoms with E-state index >= 15 is 0 Å². The number of ether oxygens (including phenoxy) is 2. The lowest BCUT2D eigenvalue weighted by Gasteiger charge is -2.41. The number of hydrogen-bond acceptors (Lipinski definition) is 6. The van der Waals surface area contributed by atoms with Crippen molar-refractivity contribution in [2.45, 2.75) is 18.9 Å². The van der Waals surface area contributed by atoms with E-state index in [0.29, 0.717) is 17.3 Å². The van der Waals surface area contributed by atoms with Crippen LogP contribution < -0.4 is 10.5 Å². The molecule has 2 amide bonds. The standard InChI is InChI=1S/C18H22ClN5O4/c1-12-7-13(3-4-14(12)19)27-11-18(8-16(20)25)10-24(5-6-28-18)17(26)15-9-23(2)22-21-15/h3-4,7,9H,5-6,8,10-11H2,1-2H3,(H2,20,25). The lowest BCUT2D eigenvalue weighted by atomic mass is 9.97. The van der Waals surface area contributed by atoms with Crippen LogP contribution in [0.25, 0.3) is 0 Å². The Labute approximate surface area is 167 Å². The molecule has 2 N–H and O–H groups in total. The van der Waals surface area contributed by atoms with E-state index in [1.165, 1.54) is 4.68 Å². The first kappa shape index (κ1) is 20.1. The number of nitrogens with two attached hydrogens (primary N) is 1. The molecule has 2 aromatic rings. The number of rotatable bonds is 6. The molecule has 28 heavy (non-hydrogen) atoms. The van der Waals surface area contributed by atoms with E-state index in [0.717, 1.165) is 5.56 Å². The summed E-state index contributed by atoms with van der Waals surface area (Å²) in [5.74, 6) is -0.232. The van der Waals surface area contributed by atoms with Crippen molar-refractivity contribution in [1.29, 1.82) is 0 Å². The zero-order valence-electron chi connectivity index (χ0n) is 15.7. The maximum atomic E-state index is 12.7. The van der Waals surface area contributed by atoms with Gasteiger partial charge in [0.2, 0.25) is 5.91 Å². The first-order chi connectivity index (χ1) is 13.3. The molecular weight excluding hydrogens is 386 g/mol. The van der Waals surface area contributed by atoms with Gasteiger partial charge in [-0.1, -0.05) is 16.8 Å². The zero-order valence-corrected chi connectivity index (χ0v) is 16.5. The van der Waals surface area contributed by atoms with Gasteiger partial charge in [-0.05, 0) is 30.7 Å². The van der Waals surface area contributed by atoms with Gasteiger partial charge in [-0.15, -0.1) is 5.10 Å². The number of carbonyl (C=O) groups is 2. The molecule has 1 aromatic heterocycles. The van der Waals surface area contributed by atoms with E-state index in [1.807, 2.05) is 6.92 Å². The second-order valence-electron chi connectivity index (χ2n) is 6.88. The van der Waals surface area contributed by atoms with Gasteiger partial charge in [-0.25, -0.2) is 0 Å². The minimum atomic E-state index is -1.05. The topological polar surface area (TPSA) is 113 Å². The van der Waals surface area contributed by atoms with Gasteiger partial charge in [0.1, 0.15) is 18.0 Å². The normalized spacial score (nSPS) is 19.5. The molecule has 0 bridgehead atoms. The minimum Gasteiger partial charge on any atom is -0.490 e. The van der Waals surface area contributed by atoms with Crippen molar-refractivity contribution in [3.05, 3.63) is 40.7 Å². The molecule has 0 radical (unpaired) electrons. The number of halogens is 1. The van der Waals surface area contributed by atoms with Gasteiger partial charge in [-0.3, -0.25) is 14.3 Å². The van der Waals surface area contributed by atoms with Crippen LogP contribution in [0.4, 0.5) is 0 Å². The predicted octanol–water partition coefficient (Wildman–Crippen LogP) is 0.943. The van der Waals surface area contributed by atoms with Crippen molar-refractivity contribution in [1.82, 2.24) is 19.9 Å². The monoisotopic (exact) mass is 407 g/mol. The Morgan fingerprint density at radius 3 is 2.86 bits per heavy atom. The molecule has 10 heteroatoms. The van der Waals surface area contributed by atoms with Crippen molar-refractivity contribution in [2.24, 2.45) is 12.8 Å². The smallest absolute Gasteiger partial charge is 0.276 e. The Kier molecular flexibility index (Phi) is 5.85. The summed E-state index contributed by atoms with van der Waals surface area (Å²) in [7, 11) is 1.68. The van der Waals surface area contributed by atoms with Gasteiger partial charge in [0.05, 0.1) is 25.8 Å². The van der Waals surface area contributed by atoms with Crippen LogP contribution in [0.2, 0.25) is 5.02 Å². The summed E-state index contributed by atoms with van der Waals surface area (Å²) >= 11 is 6.04. The maximum Gasteiger partial charge on any atom is 0.276 e.